The highest BCUT2D eigenvalue weighted by Gasteiger charge is 2.30. The van der Waals surface area contributed by atoms with E-state index in [1.807, 2.05) is 6.92 Å². The Balaban J connectivity index is 2.53. The molecule has 0 amide bonds. The molecular weight excluding hydrogens is 158 g/mol. The van der Waals surface area contributed by atoms with Crippen molar-refractivity contribution in [2.24, 2.45) is 5.92 Å². The van der Waals surface area contributed by atoms with Crippen molar-refractivity contribution in [2.75, 3.05) is 13.2 Å². The molecule has 1 aliphatic rings. The molecule has 70 valence electrons. The molecule has 0 bridgehead atoms. The summed E-state index contributed by atoms with van der Waals surface area (Å²) in [6, 6.07) is -0.0590. The number of morpholine rings is 1. The Morgan fingerprint density at radius 1 is 1.75 bits per heavy atom. The zero-order chi connectivity index (χ0) is 9.14. The van der Waals surface area contributed by atoms with Crippen molar-refractivity contribution in [3.8, 4) is 0 Å². The van der Waals surface area contributed by atoms with Crippen LogP contribution in [0.2, 0.25) is 0 Å². The van der Waals surface area contributed by atoms with E-state index in [0.717, 1.165) is 6.54 Å². The first-order chi connectivity index (χ1) is 5.63. The zero-order valence-electron chi connectivity index (χ0n) is 7.41. The van der Waals surface area contributed by atoms with Crippen LogP contribution in [0.4, 0.5) is 0 Å². The quantitative estimate of drug-likeness (QED) is 0.621. The second kappa shape index (κ2) is 3.87. The standard InChI is InChI=1S/C8H15NO3/c1-5(8(10)11)7-6(2)12-4-3-9-7/h5-7,9H,3-4H2,1-2H3,(H,10,11). The molecule has 0 spiro atoms. The molecule has 3 atom stereocenters. The van der Waals surface area contributed by atoms with E-state index in [1.54, 1.807) is 6.92 Å². The molecule has 1 saturated heterocycles. The number of hydrogen-bond donors (Lipinski definition) is 2. The first kappa shape index (κ1) is 9.48. The van der Waals surface area contributed by atoms with Gasteiger partial charge in [-0.25, -0.2) is 0 Å². The van der Waals surface area contributed by atoms with Gasteiger partial charge in [-0.05, 0) is 6.92 Å². The van der Waals surface area contributed by atoms with Gasteiger partial charge in [0.05, 0.1) is 18.6 Å². The van der Waals surface area contributed by atoms with E-state index in [9.17, 15) is 4.79 Å². The van der Waals surface area contributed by atoms with Crippen LogP contribution >= 0.6 is 0 Å². The van der Waals surface area contributed by atoms with Crippen LogP contribution in [0, 0.1) is 5.92 Å². The summed E-state index contributed by atoms with van der Waals surface area (Å²) in [6.07, 6.45) is -0.00940. The Labute approximate surface area is 71.9 Å². The third-order valence-corrected chi connectivity index (χ3v) is 2.30. The molecule has 0 saturated carbocycles. The topological polar surface area (TPSA) is 58.6 Å². The van der Waals surface area contributed by atoms with Crippen molar-refractivity contribution in [2.45, 2.75) is 26.0 Å². The molecule has 0 aromatic rings. The molecule has 1 aliphatic heterocycles. The largest absolute Gasteiger partial charge is 0.481 e. The van der Waals surface area contributed by atoms with Crippen LogP contribution in [0.15, 0.2) is 0 Å². The van der Waals surface area contributed by atoms with Gasteiger partial charge in [-0.3, -0.25) is 4.79 Å². The minimum absolute atomic E-state index is 0.00940. The van der Waals surface area contributed by atoms with Gasteiger partial charge < -0.3 is 15.2 Å². The summed E-state index contributed by atoms with van der Waals surface area (Å²) in [5.41, 5.74) is 0. The third kappa shape index (κ3) is 1.95. The van der Waals surface area contributed by atoms with Crippen molar-refractivity contribution in [1.29, 1.82) is 0 Å². The average Bonchev–Trinajstić information content (AvgIpc) is 2.04. The highest BCUT2D eigenvalue weighted by molar-refractivity contribution is 5.70. The first-order valence-electron chi connectivity index (χ1n) is 4.20. The maximum Gasteiger partial charge on any atom is 0.307 e. The third-order valence-electron chi connectivity index (χ3n) is 2.30. The van der Waals surface area contributed by atoms with Crippen molar-refractivity contribution in [3.05, 3.63) is 0 Å². The van der Waals surface area contributed by atoms with Crippen LogP contribution in [-0.4, -0.2) is 36.4 Å². The number of aliphatic carboxylic acids is 1. The second-order valence-corrected chi connectivity index (χ2v) is 3.18. The van der Waals surface area contributed by atoms with E-state index in [1.165, 1.54) is 0 Å². The molecule has 1 rings (SSSR count). The predicted molar refractivity (Wildman–Crippen MR) is 44.0 cm³/mol. The van der Waals surface area contributed by atoms with Crippen LogP contribution in [0.3, 0.4) is 0 Å². The maximum atomic E-state index is 10.6. The lowest BCUT2D eigenvalue weighted by atomic mass is 9.97. The summed E-state index contributed by atoms with van der Waals surface area (Å²) in [5, 5.41) is 11.9. The fourth-order valence-corrected chi connectivity index (χ4v) is 1.48. The molecule has 1 fully saturated rings. The van der Waals surface area contributed by atoms with Crippen LogP contribution in [0.5, 0.6) is 0 Å². The summed E-state index contributed by atoms with van der Waals surface area (Å²) < 4.78 is 5.34. The van der Waals surface area contributed by atoms with E-state index >= 15 is 0 Å². The van der Waals surface area contributed by atoms with Crippen LogP contribution in [-0.2, 0) is 9.53 Å². The van der Waals surface area contributed by atoms with Gasteiger partial charge in [0.2, 0.25) is 0 Å². The second-order valence-electron chi connectivity index (χ2n) is 3.18. The molecule has 1 heterocycles. The van der Waals surface area contributed by atoms with Crippen molar-refractivity contribution in [3.63, 3.8) is 0 Å². The Kier molecular flexibility index (Phi) is 3.05. The average molecular weight is 173 g/mol. The Morgan fingerprint density at radius 3 is 2.92 bits per heavy atom. The van der Waals surface area contributed by atoms with E-state index in [0.29, 0.717) is 6.61 Å². The molecule has 0 aromatic carbocycles. The monoisotopic (exact) mass is 173 g/mol. The van der Waals surface area contributed by atoms with E-state index in [2.05, 4.69) is 5.32 Å². The van der Waals surface area contributed by atoms with Gasteiger partial charge in [0.1, 0.15) is 0 Å². The maximum absolute atomic E-state index is 10.6. The molecule has 3 unspecified atom stereocenters. The van der Waals surface area contributed by atoms with Gasteiger partial charge >= 0.3 is 5.97 Å². The molecule has 2 N–H and O–H groups in total. The number of ether oxygens (including phenoxy) is 1. The fourth-order valence-electron chi connectivity index (χ4n) is 1.48. The molecular formula is C8H15NO3. The lowest BCUT2D eigenvalue weighted by Crippen LogP contribution is -2.52. The molecule has 0 aromatic heterocycles. The summed E-state index contributed by atoms with van der Waals surface area (Å²) >= 11 is 0. The number of nitrogens with one attached hydrogen (secondary N) is 1. The summed E-state index contributed by atoms with van der Waals surface area (Å²) in [4.78, 5) is 10.6. The van der Waals surface area contributed by atoms with Crippen molar-refractivity contribution >= 4 is 5.97 Å². The lowest BCUT2D eigenvalue weighted by Gasteiger charge is -2.32. The Bertz CT molecular complexity index is 172. The van der Waals surface area contributed by atoms with Gasteiger partial charge in [0, 0.05) is 12.6 Å². The first-order valence-corrected chi connectivity index (χ1v) is 4.20. The molecule has 0 aliphatic carbocycles. The minimum atomic E-state index is -0.773. The van der Waals surface area contributed by atoms with Crippen molar-refractivity contribution < 1.29 is 14.6 Å². The molecule has 4 nitrogen and oxygen atoms in total. The Hall–Kier alpha value is -0.610. The number of rotatable bonds is 2. The van der Waals surface area contributed by atoms with E-state index in [-0.39, 0.29) is 18.1 Å². The van der Waals surface area contributed by atoms with Crippen molar-refractivity contribution in [1.82, 2.24) is 5.32 Å². The van der Waals surface area contributed by atoms with Crippen LogP contribution < -0.4 is 5.32 Å². The van der Waals surface area contributed by atoms with E-state index < -0.39 is 5.97 Å². The van der Waals surface area contributed by atoms with E-state index in [4.69, 9.17) is 9.84 Å². The fraction of sp³-hybridized carbons (Fsp3) is 0.875. The molecule has 4 heteroatoms. The van der Waals surface area contributed by atoms with Gasteiger partial charge in [-0.1, -0.05) is 6.92 Å². The van der Waals surface area contributed by atoms with Gasteiger partial charge in [-0.15, -0.1) is 0 Å². The molecule has 0 radical (unpaired) electrons. The van der Waals surface area contributed by atoms with Gasteiger partial charge in [0.25, 0.3) is 0 Å². The Morgan fingerprint density at radius 2 is 2.42 bits per heavy atom. The number of carbonyl (C=O) groups is 1. The lowest BCUT2D eigenvalue weighted by molar-refractivity contribution is -0.144. The number of carboxylic acid groups (broad SMARTS) is 1. The summed E-state index contributed by atoms with van der Waals surface area (Å²) in [5.74, 6) is -1.16. The highest BCUT2D eigenvalue weighted by Crippen LogP contribution is 2.13. The number of carboxylic acids is 1. The molecule has 12 heavy (non-hydrogen) atoms. The smallest absolute Gasteiger partial charge is 0.307 e. The summed E-state index contributed by atoms with van der Waals surface area (Å²) in [7, 11) is 0. The SMILES string of the molecule is CC1OCCNC1C(C)C(=O)O. The minimum Gasteiger partial charge on any atom is -0.481 e. The van der Waals surface area contributed by atoms with Gasteiger partial charge in [0.15, 0.2) is 0 Å². The van der Waals surface area contributed by atoms with Gasteiger partial charge in [-0.2, -0.15) is 0 Å². The number of hydrogen-bond acceptors (Lipinski definition) is 3. The zero-order valence-corrected chi connectivity index (χ0v) is 7.41. The normalized spacial score (nSPS) is 32.8. The summed E-state index contributed by atoms with van der Waals surface area (Å²) in [6.45, 7) is 5.01. The highest BCUT2D eigenvalue weighted by atomic mass is 16.5. The van der Waals surface area contributed by atoms with Crippen LogP contribution in [0.1, 0.15) is 13.8 Å². The predicted octanol–water partition coefficient (Wildman–Crippen LogP) is 0.0840. The van der Waals surface area contributed by atoms with Crippen LogP contribution in [0.25, 0.3) is 0 Å².